The molecule has 0 aliphatic heterocycles. The lowest BCUT2D eigenvalue weighted by atomic mass is 10.2. The Balaban J connectivity index is 2.49. The average Bonchev–Trinajstić information content (AvgIpc) is 2.53. The molecule has 2 rings (SSSR count). The first kappa shape index (κ1) is 16.5. The Labute approximate surface area is 133 Å². The smallest absolute Gasteiger partial charge is 0.339 e. The zero-order valence-electron chi connectivity index (χ0n) is 12.0. The Hall–Kier alpha value is -2.85. The molecule has 0 aromatic heterocycles. The van der Waals surface area contributed by atoms with Crippen LogP contribution in [0.1, 0.15) is 15.9 Å². The highest BCUT2D eigenvalue weighted by Crippen LogP contribution is 2.22. The first-order chi connectivity index (χ1) is 10.9. The summed E-state index contributed by atoms with van der Waals surface area (Å²) in [5, 5.41) is 0. The van der Waals surface area contributed by atoms with Crippen LogP contribution in [0.15, 0.2) is 47.4 Å². The fourth-order valence-corrected chi connectivity index (χ4v) is 3.14. The third-order valence-corrected chi connectivity index (χ3v) is 4.34. The van der Waals surface area contributed by atoms with Crippen molar-refractivity contribution in [3.05, 3.63) is 59.4 Å². The Morgan fingerprint density at radius 1 is 1.26 bits per heavy atom. The molecule has 0 radical (unpaired) electrons. The quantitative estimate of drug-likeness (QED) is 0.689. The van der Waals surface area contributed by atoms with Crippen LogP contribution in [-0.2, 0) is 14.8 Å². The van der Waals surface area contributed by atoms with Crippen LogP contribution in [0.2, 0.25) is 0 Å². The van der Waals surface area contributed by atoms with Crippen LogP contribution < -0.4 is 4.72 Å². The summed E-state index contributed by atoms with van der Waals surface area (Å²) in [4.78, 5) is 11.2. The molecule has 0 aliphatic rings. The molecular weight excluding hydrogens is 321 g/mol. The van der Waals surface area contributed by atoms with Gasteiger partial charge in [0.2, 0.25) is 0 Å². The highest BCUT2D eigenvalue weighted by atomic mass is 32.2. The molecule has 0 fully saturated rings. The van der Waals surface area contributed by atoms with Crippen LogP contribution in [0.5, 0.6) is 0 Å². The second kappa shape index (κ2) is 6.50. The van der Waals surface area contributed by atoms with Gasteiger partial charge in [0, 0.05) is 5.56 Å². The van der Waals surface area contributed by atoms with Gasteiger partial charge in [0.15, 0.2) is 0 Å². The summed E-state index contributed by atoms with van der Waals surface area (Å²) in [5.74, 6) is 0.690. The molecule has 1 N–H and O–H groups in total. The van der Waals surface area contributed by atoms with Crippen LogP contribution in [0.25, 0.3) is 0 Å². The lowest BCUT2D eigenvalue weighted by Gasteiger charge is -2.11. The number of nitrogens with one attached hydrogen (secondary N) is 1. The monoisotopic (exact) mass is 333 g/mol. The molecule has 0 saturated carbocycles. The Morgan fingerprint density at radius 2 is 2.00 bits per heavy atom. The van der Waals surface area contributed by atoms with Crippen molar-refractivity contribution in [3.8, 4) is 12.3 Å². The lowest BCUT2D eigenvalue weighted by Crippen LogP contribution is -2.18. The van der Waals surface area contributed by atoms with Crippen molar-refractivity contribution >= 4 is 21.7 Å². The van der Waals surface area contributed by atoms with Gasteiger partial charge in [-0.1, -0.05) is 12.0 Å². The van der Waals surface area contributed by atoms with E-state index < -0.39 is 26.7 Å². The van der Waals surface area contributed by atoms with E-state index in [1.165, 1.54) is 12.1 Å². The van der Waals surface area contributed by atoms with Crippen LogP contribution in [0, 0.1) is 18.2 Å². The summed E-state index contributed by atoms with van der Waals surface area (Å²) >= 11 is 0. The molecule has 0 amide bonds. The van der Waals surface area contributed by atoms with Crippen LogP contribution in [-0.4, -0.2) is 21.5 Å². The topological polar surface area (TPSA) is 72.5 Å². The molecule has 23 heavy (non-hydrogen) atoms. The number of carbonyl (C=O) groups is 1. The number of terminal acetylenes is 1. The normalized spacial score (nSPS) is 10.7. The predicted octanol–water partition coefficient (Wildman–Crippen LogP) is 2.39. The zero-order valence-corrected chi connectivity index (χ0v) is 12.9. The van der Waals surface area contributed by atoms with Crippen molar-refractivity contribution in [2.24, 2.45) is 0 Å². The number of sulfonamides is 1. The molecule has 5 nitrogen and oxygen atoms in total. The van der Waals surface area contributed by atoms with Crippen molar-refractivity contribution in [3.63, 3.8) is 0 Å². The number of halogens is 1. The highest BCUT2D eigenvalue weighted by molar-refractivity contribution is 7.92. The molecule has 0 heterocycles. The molecule has 0 aliphatic carbocycles. The maximum Gasteiger partial charge on any atom is 0.339 e. The summed E-state index contributed by atoms with van der Waals surface area (Å²) in [6.07, 6.45) is 5.26. The summed E-state index contributed by atoms with van der Waals surface area (Å²) in [5.41, 5.74) is 0.396. The third kappa shape index (κ3) is 3.67. The van der Waals surface area contributed by atoms with E-state index >= 15 is 0 Å². The van der Waals surface area contributed by atoms with Gasteiger partial charge < -0.3 is 4.74 Å². The van der Waals surface area contributed by atoms with E-state index in [1.807, 2.05) is 0 Å². The van der Waals surface area contributed by atoms with Gasteiger partial charge in [0.05, 0.1) is 18.4 Å². The number of rotatable bonds is 4. The molecule has 7 heteroatoms. The average molecular weight is 333 g/mol. The van der Waals surface area contributed by atoms with Gasteiger partial charge >= 0.3 is 5.97 Å². The fraction of sp³-hybridized carbons (Fsp3) is 0.0625. The number of carbonyl (C=O) groups excluding carboxylic acids is 1. The summed E-state index contributed by atoms with van der Waals surface area (Å²) < 4.78 is 45.1. The van der Waals surface area contributed by atoms with Gasteiger partial charge in [-0.05, 0) is 36.4 Å². The SMILES string of the molecule is C#Cc1cccc(NS(=O)(=O)c2cc(F)ccc2C(=O)OC)c1. The number of hydrogen-bond donors (Lipinski definition) is 1. The zero-order chi connectivity index (χ0) is 17.0. The van der Waals surface area contributed by atoms with Gasteiger partial charge in [0.25, 0.3) is 10.0 Å². The number of methoxy groups -OCH3 is 1. The molecule has 0 unspecified atom stereocenters. The number of anilines is 1. The number of ether oxygens (including phenoxy) is 1. The summed E-state index contributed by atoms with van der Waals surface area (Å²) in [6.45, 7) is 0. The molecule has 0 atom stereocenters. The van der Waals surface area contributed by atoms with Crippen molar-refractivity contribution in [1.29, 1.82) is 0 Å². The standard InChI is InChI=1S/C16H12FNO4S/c1-3-11-5-4-6-13(9-11)18-23(20,21)15-10-12(17)7-8-14(15)16(19)22-2/h1,4-10,18H,2H3. The minimum absolute atomic E-state index is 0.195. The minimum Gasteiger partial charge on any atom is -0.465 e. The molecule has 2 aromatic carbocycles. The molecule has 0 spiro atoms. The molecule has 0 bridgehead atoms. The first-order valence-corrected chi connectivity index (χ1v) is 7.83. The summed E-state index contributed by atoms with van der Waals surface area (Å²) in [6, 6.07) is 8.89. The van der Waals surface area contributed by atoms with Gasteiger partial charge in [0.1, 0.15) is 10.7 Å². The van der Waals surface area contributed by atoms with Gasteiger partial charge in [-0.15, -0.1) is 6.42 Å². The maximum absolute atomic E-state index is 13.4. The number of benzene rings is 2. The van der Waals surface area contributed by atoms with E-state index in [2.05, 4.69) is 15.4 Å². The first-order valence-electron chi connectivity index (χ1n) is 6.35. The van der Waals surface area contributed by atoms with Crippen LogP contribution in [0.3, 0.4) is 0 Å². The van der Waals surface area contributed by atoms with E-state index in [0.717, 1.165) is 25.3 Å². The second-order valence-electron chi connectivity index (χ2n) is 4.46. The lowest BCUT2D eigenvalue weighted by molar-refractivity contribution is 0.0596. The van der Waals surface area contributed by atoms with Crippen molar-refractivity contribution in [2.75, 3.05) is 11.8 Å². The summed E-state index contributed by atoms with van der Waals surface area (Å²) in [7, 11) is -3.10. The largest absolute Gasteiger partial charge is 0.465 e. The number of esters is 1. The Morgan fingerprint density at radius 3 is 2.65 bits per heavy atom. The van der Waals surface area contributed by atoms with Gasteiger partial charge in [-0.3, -0.25) is 4.72 Å². The maximum atomic E-state index is 13.4. The number of hydrogen-bond acceptors (Lipinski definition) is 4. The van der Waals surface area contributed by atoms with E-state index in [1.54, 1.807) is 12.1 Å². The Bertz CT molecular complexity index is 901. The van der Waals surface area contributed by atoms with Crippen LogP contribution in [0.4, 0.5) is 10.1 Å². The van der Waals surface area contributed by atoms with E-state index in [-0.39, 0.29) is 11.3 Å². The van der Waals surface area contributed by atoms with Crippen molar-refractivity contribution < 1.29 is 22.3 Å². The predicted molar refractivity (Wildman–Crippen MR) is 82.9 cm³/mol. The molecular formula is C16H12FNO4S. The second-order valence-corrected chi connectivity index (χ2v) is 6.11. The molecule has 2 aromatic rings. The van der Waals surface area contributed by atoms with Crippen molar-refractivity contribution in [2.45, 2.75) is 4.90 Å². The van der Waals surface area contributed by atoms with E-state index in [0.29, 0.717) is 5.56 Å². The van der Waals surface area contributed by atoms with Crippen molar-refractivity contribution in [1.82, 2.24) is 0 Å². The molecule has 118 valence electrons. The third-order valence-electron chi connectivity index (χ3n) is 2.92. The highest BCUT2D eigenvalue weighted by Gasteiger charge is 2.24. The van der Waals surface area contributed by atoms with Crippen LogP contribution >= 0.6 is 0 Å². The van der Waals surface area contributed by atoms with E-state index in [4.69, 9.17) is 6.42 Å². The molecule has 0 saturated heterocycles. The Kier molecular flexibility index (Phi) is 4.67. The van der Waals surface area contributed by atoms with Gasteiger partial charge in [-0.25, -0.2) is 17.6 Å². The van der Waals surface area contributed by atoms with Gasteiger partial charge in [-0.2, -0.15) is 0 Å². The fourth-order valence-electron chi connectivity index (χ4n) is 1.88. The van der Waals surface area contributed by atoms with E-state index in [9.17, 15) is 17.6 Å². The minimum atomic E-state index is -4.21.